The van der Waals surface area contributed by atoms with Gasteiger partial charge in [-0.15, -0.1) is 0 Å². The predicted octanol–water partition coefficient (Wildman–Crippen LogP) is 5.69. The largest absolute Gasteiger partial charge is 0.493 e. The van der Waals surface area contributed by atoms with Crippen molar-refractivity contribution in [2.24, 2.45) is 0 Å². The number of ether oxygens (including phenoxy) is 3. The number of nitriles is 1. The van der Waals surface area contributed by atoms with Gasteiger partial charge in [0, 0.05) is 0 Å². The minimum atomic E-state index is -0.588. The fourth-order valence-corrected chi connectivity index (χ4v) is 3.52. The summed E-state index contributed by atoms with van der Waals surface area (Å²) in [6.07, 6.45) is 1.06. The number of methoxy groups -OCH3 is 1. The summed E-state index contributed by atoms with van der Waals surface area (Å²) < 4.78 is 17.9. The molecule has 0 unspecified atom stereocenters. The van der Waals surface area contributed by atoms with E-state index in [4.69, 9.17) is 14.2 Å². The van der Waals surface area contributed by atoms with Crippen molar-refractivity contribution < 1.29 is 19.0 Å². The van der Waals surface area contributed by atoms with Gasteiger partial charge in [-0.2, -0.15) is 5.26 Å². The van der Waals surface area contributed by atoms with Gasteiger partial charge in [0.15, 0.2) is 17.3 Å². The summed E-state index contributed by atoms with van der Waals surface area (Å²) in [6, 6.07) is 24.5. The van der Waals surface area contributed by atoms with E-state index >= 15 is 0 Å². The van der Waals surface area contributed by atoms with Crippen LogP contribution in [0.3, 0.4) is 0 Å². The Morgan fingerprint density at radius 2 is 1.82 bits per heavy atom. The lowest BCUT2D eigenvalue weighted by atomic mass is 10.1. The Kier molecular flexibility index (Phi) is 6.89. The Balaban J connectivity index is 1.69. The molecule has 0 saturated carbocycles. The summed E-state index contributed by atoms with van der Waals surface area (Å²) in [5, 5.41) is 9.91. The van der Waals surface area contributed by atoms with Gasteiger partial charge in [0.1, 0.15) is 12.7 Å². The number of hydrogen-bond donors (Lipinski definition) is 0. The second-order valence-corrected chi connectivity index (χ2v) is 7.31. The zero-order valence-corrected chi connectivity index (χ0v) is 18.9. The Morgan fingerprint density at radius 1 is 1.06 bits per heavy atom. The summed E-state index contributed by atoms with van der Waals surface area (Å²) in [6.45, 7) is 2.34. The molecule has 170 valence electrons. The summed E-state index contributed by atoms with van der Waals surface area (Å²) in [7, 11) is 1.56. The van der Waals surface area contributed by atoms with Gasteiger partial charge in [-0.05, 0) is 48.4 Å². The van der Waals surface area contributed by atoms with Crippen LogP contribution < -0.4 is 9.47 Å². The lowest BCUT2D eigenvalue weighted by Gasteiger charge is -2.12. The zero-order valence-electron chi connectivity index (χ0n) is 18.9. The highest BCUT2D eigenvalue weighted by Crippen LogP contribution is 2.31. The number of carbonyl (C=O) groups excluding carboxylic acids is 1. The van der Waals surface area contributed by atoms with Crippen LogP contribution in [0.5, 0.6) is 11.5 Å². The molecule has 7 heteroatoms. The lowest BCUT2D eigenvalue weighted by Crippen LogP contribution is -2.16. The first-order valence-corrected chi connectivity index (χ1v) is 10.8. The quantitative estimate of drug-likeness (QED) is 0.334. The average Bonchev–Trinajstić information content (AvgIpc) is 3.26. The lowest BCUT2D eigenvalue weighted by molar-refractivity contribution is 0.154. The molecule has 4 rings (SSSR count). The van der Waals surface area contributed by atoms with Gasteiger partial charge in [0.25, 0.3) is 0 Å². The maximum atomic E-state index is 12.7. The van der Waals surface area contributed by atoms with Crippen LogP contribution in [0.15, 0.2) is 72.8 Å². The number of fused-ring (bicyclic) bond motifs is 1. The van der Waals surface area contributed by atoms with Crippen LogP contribution in [0.4, 0.5) is 4.79 Å². The Labute approximate surface area is 197 Å². The molecule has 0 saturated heterocycles. The molecule has 0 aliphatic carbocycles. The van der Waals surface area contributed by atoms with Crippen molar-refractivity contribution in [3.05, 3.63) is 89.7 Å². The van der Waals surface area contributed by atoms with Gasteiger partial charge in [0.2, 0.25) is 0 Å². The van der Waals surface area contributed by atoms with E-state index in [-0.39, 0.29) is 18.0 Å². The molecule has 34 heavy (non-hydrogen) atoms. The second kappa shape index (κ2) is 10.4. The molecule has 0 aliphatic rings. The Bertz CT molecular complexity index is 1380. The molecule has 0 aliphatic heterocycles. The van der Waals surface area contributed by atoms with Gasteiger partial charge in [-0.25, -0.2) is 14.3 Å². The standard InChI is InChI=1S/C27H23N3O4/c1-3-33-27(31)30-23-12-8-7-11-22(23)29-26(30)21(17-28)15-20-13-14-24(25(16-20)32-2)34-18-19-9-5-4-6-10-19/h4-16H,3,18H2,1-2H3/b21-15+. The fourth-order valence-electron chi connectivity index (χ4n) is 3.52. The number of para-hydroxylation sites is 2. The van der Waals surface area contributed by atoms with E-state index < -0.39 is 6.09 Å². The molecular formula is C27H23N3O4. The summed E-state index contributed by atoms with van der Waals surface area (Å²) in [5.41, 5.74) is 3.11. The van der Waals surface area contributed by atoms with Crippen molar-refractivity contribution in [1.29, 1.82) is 5.26 Å². The first-order valence-electron chi connectivity index (χ1n) is 10.8. The van der Waals surface area contributed by atoms with E-state index in [0.29, 0.717) is 34.7 Å². The third-order valence-corrected chi connectivity index (χ3v) is 5.11. The number of carbonyl (C=O) groups is 1. The van der Waals surface area contributed by atoms with Crippen LogP contribution in [0.1, 0.15) is 23.9 Å². The van der Waals surface area contributed by atoms with Crippen LogP contribution in [0.25, 0.3) is 22.7 Å². The third-order valence-electron chi connectivity index (χ3n) is 5.11. The van der Waals surface area contributed by atoms with Gasteiger partial charge < -0.3 is 14.2 Å². The normalized spacial score (nSPS) is 11.1. The molecule has 4 aromatic rings. The summed E-state index contributed by atoms with van der Waals surface area (Å²) >= 11 is 0. The first-order chi connectivity index (χ1) is 16.6. The molecule has 0 spiro atoms. The smallest absolute Gasteiger partial charge is 0.420 e. The van der Waals surface area contributed by atoms with Crippen LogP contribution in [0.2, 0.25) is 0 Å². The molecule has 0 atom stereocenters. The topological polar surface area (TPSA) is 86.4 Å². The maximum absolute atomic E-state index is 12.7. The highest BCUT2D eigenvalue weighted by molar-refractivity contribution is 5.96. The van der Waals surface area contributed by atoms with E-state index in [1.54, 1.807) is 50.4 Å². The summed E-state index contributed by atoms with van der Waals surface area (Å²) in [5.74, 6) is 1.33. The fraction of sp³-hybridized carbons (Fsp3) is 0.148. The van der Waals surface area contributed by atoms with Gasteiger partial charge in [-0.3, -0.25) is 0 Å². The molecule has 1 aromatic heterocycles. The molecule has 0 amide bonds. The van der Waals surface area contributed by atoms with E-state index in [9.17, 15) is 10.1 Å². The molecule has 1 heterocycles. The monoisotopic (exact) mass is 453 g/mol. The molecule has 0 N–H and O–H groups in total. The number of rotatable bonds is 7. The number of benzene rings is 3. The van der Waals surface area contributed by atoms with E-state index in [2.05, 4.69) is 11.1 Å². The molecule has 0 radical (unpaired) electrons. The maximum Gasteiger partial charge on any atom is 0.420 e. The van der Waals surface area contributed by atoms with Crippen molar-refractivity contribution >= 4 is 28.8 Å². The van der Waals surface area contributed by atoms with Gasteiger partial charge in [-0.1, -0.05) is 48.5 Å². The van der Waals surface area contributed by atoms with Crippen LogP contribution >= 0.6 is 0 Å². The number of imidazole rings is 1. The van der Waals surface area contributed by atoms with Crippen molar-refractivity contribution in [2.45, 2.75) is 13.5 Å². The predicted molar refractivity (Wildman–Crippen MR) is 129 cm³/mol. The molecule has 0 bridgehead atoms. The van der Waals surface area contributed by atoms with Crippen molar-refractivity contribution in [1.82, 2.24) is 9.55 Å². The van der Waals surface area contributed by atoms with E-state index in [0.717, 1.165) is 5.56 Å². The third kappa shape index (κ3) is 4.76. The zero-order chi connectivity index (χ0) is 23.9. The molecular weight excluding hydrogens is 430 g/mol. The second-order valence-electron chi connectivity index (χ2n) is 7.31. The number of nitrogens with zero attached hydrogens (tertiary/aromatic N) is 3. The van der Waals surface area contributed by atoms with Crippen molar-refractivity contribution in [3.8, 4) is 17.6 Å². The van der Waals surface area contributed by atoms with E-state index in [1.807, 2.05) is 42.5 Å². The first kappa shape index (κ1) is 22.6. The highest BCUT2D eigenvalue weighted by atomic mass is 16.5. The number of aromatic nitrogens is 2. The van der Waals surface area contributed by atoms with Crippen molar-refractivity contribution in [3.63, 3.8) is 0 Å². The SMILES string of the molecule is CCOC(=O)n1c(/C(C#N)=C/c2ccc(OCc3ccccc3)c(OC)c2)nc2ccccc21. The molecule has 0 fully saturated rings. The Morgan fingerprint density at radius 3 is 2.56 bits per heavy atom. The van der Waals surface area contributed by atoms with Gasteiger partial charge in [0.05, 0.1) is 30.3 Å². The average molecular weight is 453 g/mol. The molecule has 7 nitrogen and oxygen atoms in total. The van der Waals surface area contributed by atoms with Crippen LogP contribution in [-0.2, 0) is 11.3 Å². The molecule has 3 aromatic carbocycles. The minimum absolute atomic E-state index is 0.206. The van der Waals surface area contributed by atoms with Crippen LogP contribution in [-0.4, -0.2) is 29.4 Å². The van der Waals surface area contributed by atoms with E-state index in [1.165, 1.54) is 4.57 Å². The summed E-state index contributed by atoms with van der Waals surface area (Å²) in [4.78, 5) is 17.2. The highest BCUT2D eigenvalue weighted by Gasteiger charge is 2.20. The Hall–Kier alpha value is -4.57. The minimum Gasteiger partial charge on any atom is -0.493 e. The number of allylic oxidation sites excluding steroid dienone is 1. The van der Waals surface area contributed by atoms with Crippen molar-refractivity contribution in [2.75, 3.05) is 13.7 Å². The van der Waals surface area contributed by atoms with Gasteiger partial charge >= 0.3 is 6.09 Å². The van der Waals surface area contributed by atoms with Crippen LogP contribution in [0, 0.1) is 11.3 Å². The number of hydrogen-bond acceptors (Lipinski definition) is 6.